The predicted molar refractivity (Wildman–Crippen MR) is 84.2 cm³/mol. The molecule has 0 amide bonds. The molecule has 2 saturated heterocycles. The van der Waals surface area contributed by atoms with E-state index in [1.54, 1.807) is 4.90 Å². The third-order valence-corrected chi connectivity index (χ3v) is 5.62. The van der Waals surface area contributed by atoms with Crippen molar-refractivity contribution in [3.8, 4) is 0 Å². The van der Waals surface area contributed by atoms with Crippen molar-refractivity contribution in [3.63, 3.8) is 0 Å². The Morgan fingerprint density at radius 1 is 1.19 bits per heavy atom. The maximum Gasteiger partial charge on any atom is 0.162 e. The molecule has 0 bridgehead atoms. The first kappa shape index (κ1) is 15.5. The van der Waals surface area contributed by atoms with Crippen molar-refractivity contribution in [1.82, 2.24) is 0 Å². The van der Waals surface area contributed by atoms with Crippen LogP contribution in [0.1, 0.15) is 46.5 Å². The summed E-state index contributed by atoms with van der Waals surface area (Å²) in [6, 6.07) is 0. The standard InChI is InChI=1S/C18H31NO2/c1-13-9-14(2)17(15(3)10-13)18-20-12-16(21-18)11-19-7-5-4-6-8-19/h9,14-18H,4-8,10-12H2,1-3H3/p+1/t14-,15-,16-,17-,18+/m0/s1. The van der Waals surface area contributed by atoms with E-state index in [-0.39, 0.29) is 6.29 Å². The van der Waals surface area contributed by atoms with Gasteiger partial charge in [-0.25, -0.2) is 0 Å². The van der Waals surface area contributed by atoms with E-state index in [0.717, 1.165) is 13.2 Å². The number of allylic oxidation sites excluding steroid dienone is 2. The molecule has 120 valence electrons. The maximum absolute atomic E-state index is 6.31. The lowest BCUT2D eigenvalue weighted by atomic mass is 9.74. The number of hydrogen-bond acceptors (Lipinski definition) is 2. The third kappa shape index (κ3) is 3.69. The van der Waals surface area contributed by atoms with Gasteiger partial charge in [0.15, 0.2) is 6.29 Å². The molecule has 3 nitrogen and oxygen atoms in total. The average Bonchev–Trinajstić information content (AvgIpc) is 2.87. The molecule has 1 aliphatic carbocycles. The fourth-order valence-corrected chi connectivity index (χ4v) is 4.66. The Morgan fingerprint density at radius 3 is 2.67 bits per heavy atom. The van der Waals surface area contributed by atoms with Gasteiger partial charge in [-0.3, -0.25) is 0 Å². The summed E-state index contributed by atoms with van der Waals surface area (Å²) >= 11 is 0. The summed E-state index contributed by atoms with van der Waals surface area (Å²) in [4.78, 5) is 1.72. The first-order chi connectivity index (χ1) is 10.1. The van der Waals surface area contributed by atoms with Gasteiger partial charge in [-0.1, -0.05) is 25.5 Å². The van der Waals surface area contributed by atoms with Crippen molar-refractivity contribution in [2.75, 3.05) is 26.2 Å². The van der Waals surface area contributed by atoms with Crippen molar-refractivity contribution in [2.24, 2.45) is 17.8 Å². The van der Waals surface area contributed by atoms with Gasteiger partial charge in [0.05, 0.1) is 19.7 Å². The number of ether oxygens (including phenoxy) is 2. The number of piperidine rings is 1. The fraction of sp³-hybridized carbons (Fsp3) is 0.889. The SMILES string of the molecule is CC1=C[C@H](C)[C@H]([C@@H]2OC[C@H](C[NH+]3CCCCC3)O2)[C@@H](C)C1. The largest absolute Gasteiger partial charge is 0.349 e. The Balaban J connectivity index is 1.54. The minimum atomic E-state index is 0.0218. The molecule has 0 aromatic heterocycles. The molecule has 0 saturated carbocycles. The van der Waals surface area contributed by atoms with Gasteiger partial charge < -0.3 is 14.4 Å². The van der Waals surface area contributed by atoms with Crippen LogP contribution in [-0.4, -0.2) is 38.6 Å². The molecule has 2 heterocycles. The van der Waals surface area contributed by atoms with E-state index in [1.165, 1.54) is 44.3 Å². The van der Waals surface area contributed by atoms with Crippen LogP contribution in [0.5, 0.6) is 0 Å². The molecule has 0 radical (unpaired) electrons. The van der Waals surface area contributed by atoms with Crippen molar-refractivity contribution in [1.29, 1.82) is 0 Å². The van der Waals surface area contributed by atoms with E-state index in [2.05, 4.69) is 26.8 Å². The van der Waals surface area contributed by atoms with Crippen LogP contribution >= 0.6 is 0 Å². The van der Waals surface area contributed by atoms with E-state index < -0.39 is 0 Å². The molecule has 0 spiro atoms. The zero-order valence-electron chi connectivity index (χ0n) is 13.9. The molecule has 3 rings (SSSR count). The molecular formula is C18H32NO2+. The highest BCUT2D eigenvalue weighted by molar-refractivity contribution is 5.09. The number of rotatable bonds is 3. The molecular weight excluding hydrogens is 262 g/mol. The topological polar surface area (TPSA) is 22.9 Å². The number of hydrogen-bond donors (Lipinski definition) is 1. The monoisotopic (exact) mass is 294 g/mol. The summed E-state index contributed by atoms with van der Waals surface area (Å²) in [5.74, 6) is 1.76. The van der Waals surface area contributed by atoms with E-state index in [4.69, 9.17) is 9.47 Å². The number of nitrogens with one attached hydrogen (secondary N) is 1. The highest BCUT2D eigenvalue weighted by atomic mass is 16.7. The van der Waals surface area contributed by atoms with E-state index in [9.17, 15) is 0 Å². The molecule has 0 unspecified atom stereocenters. The smallest absolute Gasteiger partial charge is 0.162 e. The first-order valence-corrected chi connectivity index (χ1v) is 8.91. The van der Waals surface area contributed by atoms with E-state index >= 15 is 0 Å². The highest BCUT2D eigenvalue weighted by Crippen LogP contribution is 2.38. The van der Waals surface area contributed by atoms with Crippen molar-refractivity contribution in [3.05, 3.63) is 11.6 Å². The van der Waals surface area contributed by atoms with Crippen LogP contribution in [0.25, 0.3) is 0 Å². The van der Waals surface area contributed by atoms with E-state index in [1.807, 2.05) is 0 Å². The summed E-state index contributed by atoms with van der Waals surface area (Å²) in [6.45, 7) is 11.5. The quantitative estimate of drug-likeness (QED) is 0.805. The van der Waals surface area contributed by atoms with Gasteiger partial charge in [0.25, 0.3) is 0 Å². The zero-order valence-corrected chi connectivity index (χ0v) is 13.9. The van der Waals surface area contributed by atoms with Crippen LogP contribution in [0, 0.1) is 17.8 Å². The normalized spacial score (nSPS) is 42.0. The van der Waals surface area contributed by atoms with Crippen LogP contribution in [0.3, 0.4) is 0 Å². The first-order valence-electron chi connectivity index (χ1n) is 8.91. The summed E-state index contributed by atoms with van der Waals surface area (Å²) in [5.41, 5.74) is 1.53. The zero-order chi connectivity index (χ0) is 14.8. The summed E-state index contributed by atoms with van der Waals surface area (Å²) in [6.07, 6.45) is 8.13. The van der Waals surface area contributed by atoms with Gasteiger partial charge in [-0.15, -0.1) is 0 Å². The lowest BCUT2D eigenvalue weighted by Gasteiger charge is -2.36. The third-order valence-electron chi connectivity index (χ3n) is 5.62. The lowest BCUT2D eigenvalue weighted by molar-refractivity contribution is -0.907. The Morgan fingerprint density at radius 2 is 1.95 bits per heavy atom. The average molecular weight is 294 g/mol. The highest BCUT2D eigenvalue weighted by Gasteiger charge is 2.40. The molecule has 5 atom stereocenters. The summed E-state index contributed by atoms with van der Waals surface area (Å²) in [5, 5.41) is 0. The molecule has 1 N–H and O–H groups in total. The van der Waals surface area contributed by atoms with Gasteiger partial charge in [0, 0.05) is 5.92 Å². The van der Waals surface area contributed by atoms with Crippen LogP contribution in [0.4, 0.5) is 0 Å². The second-order valence-corrected chi connectivity index (χ2v) is 7.61. The number of likely N-dealkylation sites (tertiary alicyclic amines) is 1. The molecule has 3 heteroatoms. The molecule has 3 aliphatic rings. The van der Waals surface area contributed by atoms with Crippen molar-refractivity contribution >= 4 is 0 Å². The van der Waals surface area contributed by atoms with Gasteiger partial charge in [-0.2, -0.15) is 0 Å². The van der Waals surface area contributed by atoms with Crippen molar-refractivity contribution < 1.29 is 14.4 Å². The van der Waals surface area contributed by atoms with Gasteiger partial charge in [0.2, 0.25) is 0 Å². The second kappa shape index (κ2) is 6.80. The van der Waals surface area contributed by atoms with Crippen molar-refractivity contribution in [2.45, 2.75) is 58.8 Å². The van der Waals surface area contributed by atoms with Gasteiger partial charge >= 0.3 is 0 Å². The Bertz CT molecular complexity index is 375. The van der Waals surface area contributed by atoms with Crippen LogP contribution in [0.2, 0.25) is 0 Å². The lowest BCUT2D eigenvalue weighted by Crippen LogP contribution is -3.13. The summed E-state index contributed by atoms with van der Waals surface area (Å²) < 4.78 is 12.4. The van der Waals surface area contributed by atoms with Gasteiger partial charge in [-0.05, 0) is 44.4 Å². The Hall–Kier alpha value is -0.380. The van der Waals surface area contributed by atoms with E-state index in [0.29, 0.717) is 23.9 Å². The molecule has 21 heavy (non-hydrogen) atoms. The minimum absolute atomic E-state index is 0.0218. The van der Waals surface area contributed by atoms with Crippen LogP contribution in [-0.2, 0) is 9.47 Å². The molecule has 2 fully saturated rings. The maximum atomic E-state index is 6.31. The van der Waals surface area contributed by atoms with Crippen LogP contribution in [0.15, 0.2) is 11.6 Å². The van der Waals surface area contributed by atoms with Crippen LogP contribution < -0.4 is 4.90 Å². The summed E-state index contributed by atoms with van der Waals surface area (Å²) in [7, 11) is 0. The predicted octanol–water partition coefficient (Wildman–Crippen LogP) is 2.04. The molecule has 2 aliphatic heterocycles. The Labute approximate surface area is 129 Å². The second-order valence-electron chi connectivity index (χ2n) is 7.61. The fourth-order valence-electron chi connectivity index (χ4n) is 4.66. The van der Waals surface area contributed by atoms with Gasteiger partial charge in [0.1, 0.15) is 12.6 Å². The minimum Gasteiger partial charge on any atom is -0.349 e. The molecule has 0 aromatic carbocycles. The number of quaternary nitrogens is 1. The molecule has 0 aromatic rings. The Kier molecular flexibility index (Phi) is 5.03.